The number of anilines is 1. The van der Waals surface area contributed by atoms with Gasteiger partial charge < -0.3 is 10.2 Å². The van der Waals surface area contributed by atoms with Crippen molar-refractivity contribution >= 4 is 5.82 Å². The second-order valence-electron chi connectivity index (χ2n) is 4.53. The van der Waals surface area contributed by atoms with E-state index in [0.29, 0.717) is 5.92 Å². The number of piperazine rings is 1. The van der Waals surface area contributed by atoms with Gasteiger partial charge in [0.15, 0.2) is 5.82 Å². The highest BCUT2D eigenvalue weighted by molar-refractivity contribution is 5.45. The van der Waals surface area contributed by atoms with Gasteiger partial charge in [0.05, 0.1) is 0 Å². The Morgan fingerprint density at radius 3 is 2.75 bits per heavy atom. The molecule has 2 heterocycles. The highest BCUT2D eigenvalue weighted by Crippen LogP contribution is 2.38. The number of hydrogen-bond donors (Lipinski definition) is 1. The first-order chi connectivity index (χ1) is 7.95. The van der Waals surface area contributed by atoms with Gasteiger partial charge in [-0.1, -0.05) is 6.42 Å². The molecule has 0 radical (unpaired) electrons. The van der Waals surface area contributed by atoms with Crippen LogP contribution in [0.25, 0.3) is 0 Å². The summed E-state index contributed by atoms with van der Waals surface area (Å²) in [6, 6.07) is 0. The third-order valence-corrected chi connectivity index (χ3v) is 3.53. The van der Waals surface area contributed by atoms with E-state index in [4.69, 9.17) is 0 Å². The van der Waals surface area contributed by atoms with Crippen molar-refractivity contribution in [3.05, 3.63) is 12.0 Å². The lowest BCUT2D eigenvalue weighted by molar-refractivity contribution is 0.405. The van der Waals surface area contributed by atoms with Crippen LogP contribution in [0.4, 0.5) is 5.82 Å². The summed E-state index contributed by atoms with van der Waals surface area (Å²) in [6.45, 7) is 4.12. The molecule has 3 rings (SSSR count). The van der Waals surface area contributed by atoms with E-state index in [1.54, 1.807) is 6.33 Å². The molecule has 5 nitrogen and oxygen atoms in total. The van der Waals surface area contributed by atoms with Crippen LogP contribution in [-0.2, 0) is 0 Å². The molecule has 1 aromatic rings. The summed E-state index contributed by atoms with van der Waals surface area (Å²) < 4.78 is 0. The monoisotopic (exact) mass is 219 g/mol. The first kappa shape index (κ1) is 9.96. The minimum atomic E-state index is 0.603. The van der Waals surface area contributed by atoms with Crippen molar-refractivity contribution in [2.75, 3.05) is 31.1 Å². The van der Waals surface area contributed by atoms with Crippen molar-refractivity contribution in [3.8, 4) is 0 Å². The summed E-state index contributed by atoms with van der Waals surface area (Å²) in [5.41, 5.74) is 1.12. The Morgan fingerprint density at radius 2 is 2.06 bits per heavy atom. The third-order valence-electron chi connectivity index (χ3n) is 3.53. The van der Waals surface area contributed by atoms with Crippen LogP contribution in [0.15, 0.2) is 6.33 Å². The molecular formula is C11H17N5. The standard InChI is InChI=1S/C11H17N5/c1-2-9(3-1)10-11(13-8-14-15-10)16-6-4-12-5-7-16/h8-9,12H,1-7H2. The van der Waals surface area contributed by atoms with E-state index < -0.39 is 0 Å². The van der Waals surface area contributed by atoms with Crippen LogP contribution in [0.5, 0.6) is 0 Å². The van der Waals surface area contributed by atoms with Crippen molar-refractivity contribution < 1.29 is 0 Å². The molecule has 0 unspecified atom stereocenters. The van der Waals surface area contributed by atoms with E-state index in [1.807, 2.05) is 0 Å². The van der Waals surface area contributed by atoms with Crippen LogP contribution in [-0.4, -0.2) is 41.4 Å². The van der Waals surface area contributed by atoms with Crippen LogP contribution < -0.4 is 10.2 Å². The van der Waals surface area contributed by atoms with Crippen molar-refractivity contribution in [1.82, 2.24) is 20.5 Å². The van der Waals surface area contributed by atoms with E-state index in [9.17, 15) is 0 Å². The zero-order valence-corrected chi connectivity index (χ0v) is 9.39. The zero-order chi connectivity index (χ0) is 10.8. The third kappa shape index (κ3) is 1.75. The maximum Gasteiger partial charge on any atom is 0.154 e. The van der Waals surface area contributed by atoms with Gasteiger partial charge in [0.25, 0.3) is 0 Å². The molecule has 0 amide bonds. The molecule has 1 aromatic heterocycles. The van der Waals surface area contributed by atoms with Gasteiger partial charge in [0.1, 0.15) is 12.0 Å². The van der Waals surface area contributed by atoms with Crippen LogP contribution in [0.1, 0.15) is 30.9 Å². The van der Waals surface area contributed by atoms with Crippen LogP contribution in [0.3, 0.4) is 0 Å². The molecule has 0 atom stereocenters. The van der Waals surface area contributed by atoms with Crippen LogP contribution >= 0.6 is 0 Å². The molecule has 1 N–H and O–H groups in total. The van der Waals surface area contributed by atoms with Crippen molar-refractivity contribution in [3.63, 3.8) is 0 Å². The van der Waals surface area contributed by atoms with Crippen LogP contribution in [0.2, 0.25) is 0 Å². The molecule has 1 saturated heterocycles. The molecule has 0 bridgehead atoms. The number of nitrogens with zero attached hydrogens (tertiary/aromatic N) is 4. The first-order valence-electron chi connectivity index (χ1n) is 6.08. The predicted molar refractivity (Wildman–Crippen MR) is 61.5 cm³/mol. The number of aromatic nitrogens is 3. The quantitative estimate of drug-likeness (QED) is 0.787. The van der Waals surface area contributed by atoms with Gasteiger partial charge in [-0.2, -0.15) is 0 Å². The second-order valence-corrected chi connectivity index (χ2v) is 4.53. The second kappa shape index (κ2) is 4.33. The lowest BCUT2D eigenvalue weighted by Gasteiger charge is -2.32. The molecule has 1 aliphatic carbocycles. The summed E-state index contributed by atoms with van der Waals surface area (Å²) in [5, 5.41) is 11.6. The summed E-state index contributed by atoms with van der Waals surface area (Å²) in [5.74, 6) is 1.67. The van der Waals surface area contributed by atoms with Gasteiger partial charge in [-0.05, 0) is 12.8 Å². The molecule has 1 aliphatic heterocycles. The molecule has 2 fully saturated rings. The minimum absolute atomic E-state index is 0.603. The Kier molecular flexibility index (Phi) is 2.70. The Bertz CT molecular complexity index is 357. The summed E-state index contributed by atoms with van der Waals surface area (Å²) in [4.78, 5) is 6.76. The molecule has 0 spiro atoms. The predicted octanol–water partition coefficient (Wildman–Crippen LogP) is 0.549. The average Bonchev–Trinajstić information content (AvgIpc) is 2.29. The fourth-order valence-electron chi connectivity index (χ4n) is 2.35. The van der Waals surface area contributed by atoms with Gasteiger partial charge in [-0.25, -0.2) is 4.98 Å². The lowest BCUT2D eigenvalue weighted by Crippen LogP contribution is -2.44. The van der Waals surface area contributed by atoms with E-state index in [0.717, 1.165) is 37.7 Å². The highest BCUT2D eigenvalue weighted by Gasteiger charge is 2.27. The van der Waals surface area contributed by atoms with E-state index >= 15 is 0 Å². The number of nitrogens with one attached hydrogen (secondary N) is 1. The van der Waals surface area contributed by atoms with Crippen molar-refractivity contribution in [2.24, 2.45) is 0 Å². The largest absolute Gasteiger partial charge is 0.352 e. The number of hydrogen-bond acceptors (Lipinski definition) is 5. The Balaban J connectivity index is 1.86. The van der Waals surface area contributed by atoms with Gasteiger partial charge in [-0.3, -0.25) is 0 Å². The van der Waals surface area contributed by atoms with E-state index in [-0.39, 0.29) is 0 Å². The smallest absolute Gasteiger partial charge is 0.154 e. The van der Waals surface area contributed by atoms with Crippen LogP contribution in [0, 0.1) is 0 Å². The zero-order valence-electron chi connectivity index (χ0n) is 9.39. The molecule has 2 aliphatic rings. The van der Waals surface area contributed by atoms with Gasteiger partial charge in [0.2, 0.25) is 0 Å². The van der Waals surface area contributed by atoms with Crippen molar-refractivity contribution in [1.29, 1.82) is 0 Å². The maximum atomic E-state index is 4.43. The Hall–Kier alpha value is -1.23. The molecule has 16 heavy (non-hydrogen) atoms. The highest BCUT2D eigenvalue weighted by atomic mass is 15.3. The minimum Gasteiger partial charge on any atom is -0.352 e. The normalized spacial score (nSPS) is 21.9. The van der Waals surface area contributed by atoms with Gasteiger partial charge >= 0.3 is 0 Å². The Morgan fingerprint density at radius 1 is 1.25 bits per heavy atom. The summed E-state index contributed by atoms with van der Waals surface area (Å²) in [6.07, 6.45) is 5.39. The molecule has 5 heteroatoms. The summed E-state index contributed by atoms with van der Waals surface area (Å²) in [7, 11) is 0. The van der Waals surface area contributed by atoms with E-state index in [1.165, 1.54) is 19.3 Å². The summed E-state index contributed by atoms with van der Waals surface area (Å²) >= 11 is 0. The van der Waals surface area contributed by atoms with E-state index in [2.05, 4.69) is 25.4 Å². The molecule has 1 saturated carbocycles. The average molecular weight is 219 g/mol. The Labute approximate surface area is 95.3 Å². The number of rotatable bonds is 2. The molecular weight excluding hydrogens is 202 g/mol. The first-order valence-corrected chi connectivity index (χ1v) is 6.08. The van der Waals surface area contributed by atoms with Gasteiger partial charge in [0, 0.05) is 32.1 Å². The topological polar surface area (TPSA) is 53.9 Å². The van der Waals surface area contributed by atoms with Crippen molar-refractivity contribution in [2.45, 2.75) is 25.2 Å². The fourth-order valence-corrected chi connectivity index (χ4v) is 2.35. The van der Waals surface area contributed by atoms with Gasteiger partial charge in [-0.15, -0.1) is 10.2 Å². The molecule has 0 aromatic carbocycles. The molecule has 86 valence electrons. The fraction of sp³-hybridized carbons (Fsp3) is 0.727. The lowest BCUT2D eigenvalue weighted by atomic mass is 9.82. The maximum absolute atomic E-state index is 4.43. The SMILES string of the molecule is c1nnc(C2CCC2)c(N2CCNCC2)n1.